The zero-order valence-electron chi connectivity index (χ0n) is 12.9. The van der Waals surface area contributed by atoms with Gasteiger partial charge in [0.25, 0.3) is 0 Å². The minimum Gasteiger partial charge on any atom is -0.324 e. The summed E-state index contributed by atoms with van der Waals surface area (Å²) in [4.78, 5) is 4.80. The first kappa shape index (κ1) is 18.2. The maximum absolute atomic E-state index is 14.5. The second-order valence-corrected chi connectivity index (χ2v) is 5.36. The summed E-state index contributed by atoms with van der Waals surface area (Å²) in [5, 5.41) is 8.49. The lowest BCUT2D eigenvalue weighted by Crippen LogP contribution is -2.09. The largest absolute Gasteiger partial charge is 0.438 e. The Morgan fingerprint density at radius 1 is 1.00 bits per heavy atom. The van der Waals surface area contributed by atoms with Gasteiger partial charge in [-0.25, -0.2) is 9.07 Å². The molecule has 1 heterocycles. The lowest BCUT2D eigenvalue weighted by atomic mass is 10.1. The smallest absolute Gasteiger partial charge is 0.324 e. The fourth-order valence-electron chi connectivity index (χ4n) is 2.31. The Balaban J connectivity index is 2.11. The van der Waals surface area contributed by atoms with Crippen LogP contribution in [0.5, 0.6) is 5.75 Å². The molecule has 0 unspecified atom stereocenters. The predicted octanol–water partition coefficient (Wildman–Crippen LogP) is 4.53. The van der Waals surface area contributed by atoms with Crippen molar-refractivity contribution in [3.05, 3.63) is 66.1 Å². The molecule has 0 spiro atoms. The van der Waals surface area contributed by atoms with Gasteiger partial charge in [-0.05, 0) is 24.3 Å². The van der Waals surface area contributed by atoms with E-state index in [9.17, 15) is 17.6 Å². The first-order valence-electron chi connectivity index (χ1n) is 7.13. The third-order valence-corrected chi connectivity index (χ3v) is 3.54. The molecule has 0 atom stereocenters. The monoisotopic (exact) mass is 385 g/mol. The van der Waals surface area contributed by atoms with Crippen molar-refractivity contribution in [3.63, 3.8) is 0 Å². The number of nitrogens with two attached hydrogens (primary N) is 1. The predicted molar refractivity (Wildman–Crippen MR) is 87.5 cm³/mol. The third kappa shape index (κ3) is 3.66. The van der Waals surface area contributed by atoms with E-state index in [2.05, 4.69) is 9.43 Å². The van der Waals surface area contributed by atoms with Crippen molar-refractivity contribution < 1.29 is 26.8 Å². The molecule has 2 N–H and O–H groups in total. The highest BCUT2D eigenvalue weighted by Gasteiger charge is 2.40. The van der Waals surface area contributed by atoms with Crippen molar-refractivity contribution in [2.45, 2.75) is 6.18 Å². The normalized spacial score (nSPS) is 11.6. The Hall–Kier alpha value is -2.56. The minimum atomic E-state index is -4.92. The van der Waals surface area contributed by atoms with Crippen LogP contribution in [0.4, 0.5) is 17.6 Å². The van der Waals surface area contributed by atoms with Crippen LogP contribution in [0, 0.1) is 5.82 Å². The molecule has 3 aromatic rings. The van der Waals surface area contributed by atoms with E-state index >= 15 is 0 Å². The van der Waals surface area contributed by atoms with Gasteiger partial charge in [0, 0.05) is 5.56 Å². The van der Waals surface area contributed by atoms with Gasteiger partial charge < -0.3 is 4.89 Å². The molecule has 0 amide bonds. The van der Waals surface area contributed by atoms with Crippen LogP contribution >= 0.6 is 12.2 Å². The van der Waals surface area contributed by atoms with Gasteiger partial charge in [0.05, 0.1) is 5.69 Å². The lowest BCUT2D eigenvalue weighted by molar-refractivity contribution is -0.143. The van der Waals surface area contributed by atoms with Crippen molar-refractivity contribution in [2.24, 2.45) is 5.14 Å². The van der Waals surface area contributed by atoms with Crippen LogP contribution < -0.4 is 10.0 Å². The Bertz CT molecular complexity index is 883. The molecular weight excluding hydrogens is 374 g/mol. The van der Waals surface area contributed by atoms with Crippen LogP contribution in [0.2, 0.25) is 0 Å². The Morgan fingerprint density at radius 3 is 2.23 bits per heavy atom. The van der Waals surface area contributed by atoms with E-state index in [1.54, 1.807) is 18.2 Å². The van der Waals surface area contributed by atoms with Gasteiger partial charge >= 0.3 is 6.18 Å². The van der Waals surface area contributed by atoms with E-state index in [4.69, 9.17) is 10.0 Å². The number of hydrogen-bond acceptors (Lipinski definition) is 5. The first-order valence-corrected chi connectivity index (χ1v) is 7.94. The standard InChI is InChI=1S/C16H11F4N3O2S/c17-13-14(10-4-2-1-3-5-10)23(22-15(13)16(18,19)20)11-6-8-12(9-7-11)24-25-26-21/h1-9H,21H2. The number of hydrogen-bond donors (Lipinski definition) is 1. The van der Waals surface area contributed by atoms with Gasteiger partial charge in [0.15, 0.2) is 11.6 Å². The van der Waals surface area contributed by atoms with E-state index in [0.29, 0.717) is 12.2 Å². The average Bonchev–Trinajstić information content (AvgIpc) is 2.98. The number of aromatic nitrogens is 2. The molecule has 0 saturated carbocycles. The zero-order chi connectivity index (χ0) is 18.7. The van der Waals surface area contributed by atoms with Crippen LogP contribution in [0.25, 0.3) is 16.9 Å². The lowest BCUT2D eigenvalue weighted by Gasteiger charge is -2.08. The molecule has 2 aromatic carbocycles. The molecule has 3 rings (SSSR count). The summed E-state index contributed by atoms with van der Waals surface area (Å²) in [6, 6.07) is 13.5. The fourth-order valence-corrected chi connectivity index (χ4v) is 2.43. The van der Waals surface area contributed by atoms with Crippen molar-refractivity contribution in [3.8, 4) is 22.7 Å². The number of nitrogens with zero attached hydrogens (tertiary/aromatic N) is 2. The number of halogens is 4. The summed E-state index contributed by atoms with van der Waals surface area (Å²) in [7, 11) is 0. The average molecular weight is 385 g/mol. The highest BCUT2D eigenvalue weighted by atomic mass is 32.2. The molecule has 0 radical (unpaired) electrons. The molecule has 0 saturated heterocycles. The van der Waals surface area contributed by atoms with Crippen LogP contribution in [-0.4, -0.2) is 9.78 Å². The van der Waals surface area contributed by atoms with Crippen LogP contribution in [0.3, 0.4) is 0 Å². The first-order chi connectivity index (χ1) is 12.4. The Labute approximate surface area is 149 Å². The molecule has 0 fully saturated rings. The molecule has 0 bridgehead atoms. The van der Waals surface area contributed by atoms with Gasteiger partial charge in [-0.1, -0.05) is 34.7 Å². The molecular formula is C16H11F4N3O2S. The second kappa shape index (κ2) is 7.36. The maximum Gasteiger partial charge on any atom is 0.438 e. The molecule has 26 heavy (non-hydrogen) atoms. The van der Waals surface area contributed by atoms with Gasteiger partial charge in [0.2, 0.25) is 5.69 Å². The summed E-state index contributed by atoms with van der Waals surface area (Å²) >= 11 is 0.490. The molecule has 5 nitrogen and oxygen atoms in total. The highest BCUT2D eigenvalue weighted by molar-refractivity contribution is 7.92. The minimum absolute atomic E-state index is 0.214. The summed E-state index contributed by atoms with van der Waals surface area (Å²) in [5.74, 6) is -1.18. The molecule has 0 aliphatic heterocycles. The summed E-state index contributed by atoms with van der Waals surface area (Å²) < 4.78 is 59.3. The van der Waals surface area contributed by atoms with Crippen LogP contribution in [-0.2, 0) is 10.5 Å². The SMILES string of the molecule is NSOOc1ccc(-n2nc(C(F)(F)F)c(F)c2-c2ccccc2)cc1. The molecule has 136 valence electrons. The van der Waals surface area contributed by atoms with Crippen LogP contribution in [0.1, 0.15) is 5.69 Å². The number of rotatable bonds is 5. The van der Waals surface area contributed by atoms with Gasteiger partial charge in [-0.2, -0.15) is 18.3 Å². The highest BCUT2D eigenvalue weighted by Crippen LogP contribution is 2.36. The van der Waals surface area contributed by atoms with Gasteiger partial charge in [-0.3, -0.25) is 5.14 Å². The van der Waals surface area contributed by atoms with Crippen molar-refractivity contribution in [2.75, 3.05) is 0 Å². The van der Waals surface area contributed by atoms with Gasteiger partial charge in [-0.15, -0.1) is 0 Å². The summed E-state index contributed by atoms with van der Waals surface area (Å²) in [6.45, 7) is 0. The quantitative estimate of drug-likeness (QED) is 0.230. The third-order valence-electron chi connectivity index (χ3n) is 3.39. The number of benzene rings is 2. The molecule has 1 aromatic heterocycles. The van der Waals surface area contributed by atoms with E-state index in [1.165, 1.54) is 36.4 Å². The topological polar surface area (TPSA) is 62.3 Å². The summed E-state index contributed by atoms with van der Waals surface area (Å²) in [5.41, 5.74) is -1.40. The van der Waals surface area contributed by atoms with Crippen molar-refractivity contribution in [1.29, 1.82) is 0 Å². The Morgan fingerprint density at radius 2 is 1.65 bits per heavy atom. The number of alkyl halides is 3. The fraction of sp³-hybridized carbons (Fsp3) is 0.0625. The second-order valence-electron chi connectivity index (χ2n) is 5.03. The van der Waals surface area contributed by atoms with E-state index < -0.39 is 17.7 Å². The van der Waals surface area contributed by atoms with Crippen molar-refractivity contribution in [1.82, 2.24) is 9.78 Å². The molecule has 10 heteroatoms. The van der Waals surface area contributed by atoms with Crippen LogP contribution in [0.15, 0.2) is 54.6 Å². The van der Waals surface area contributed by atoms with E-state index in [-0.39, 0.29) is 22.7 Å². The maximum atomic E-state index is 14.5. The van der Waals surface area contributed by atoms with E-state index in [0.717, 1.165) is 4.68 Å². The zero-order valence-corrected chi connectivity index (χ0v) is 13.7. The van der Waals surface area contributed by atoms with Gasteiger partial charge in [0.1, 0.15) is 17.9 Å². The molecule has 0 aliphatic carbocycles. The van der Waals surface area contributed by atoms with Crippen molar-refractivity contribution >= 4 is 12.2 Å². The molecule has 0 aliphatic rings. The Kier molecular flexibility index (Phi) is 5.16. The summed E-state index contributed by atoms with van der Waals surface area (Å²) in [6.07, 6.45) is -4.92. The van der Waals surface area contributed by atoms with E-state index in [1.807, 2.05) is 0 Å².